The summed E-state index contributed by atoms with van der Waals surface area (Å²) in [5, 5.41) is 5.43. The molecule has 0 unspecified atom stereocenters. The molecule has 0 aliphatic heterocycles. The van der Waals surface area contributed by atoms with Gasteiger partial charge in [-0.3, -0.25) is 9.59 Å². The van der Waals surface area contributed by atoms with E-state index in [1.165, 1.54) is 0 Å². The number of carbonyl (C=O) groups is 2. The van der Waals surface area contributed by atoms with Crippen LogP contribution in [0.2, 0.25) is 0 Å². The van der Waals surface area contributed by atoms with Crippen LogP contribution in [-0.4, -0.2) is 32.0 Å². The third-order valence-electron chi connectivity index (χ3n) is 3.28. The van der Waals surface area contributed by atoms with E-state index in [4.69, 9.17) is 4.74 Å². The number of amides is 2. The SMILES string of the molecule is COc1ccccc1CCNC(=O)CNC(=O)C1CC1. The topological polar surface area (TPSA) is 67.4 Å². The van der Waals surface area contributed by atoms with Gasteiger partial charge in [-0.2, -0.15) is 0 Å². The van der Waals surface area contributed by atoms with Crippen LogP contribution in [0.25, 0.3) is 0 Å². The van der Waals surface area contributed by atoms with Crippen LogP contribution in [0.1, 0.15) is 18.4 Å². The summed E-state index contributed by atoms with van der Waals surface area (Å²) in [6.45, 7) is 0.583. The quantitative estimate of drug-likeness (QED) is 0.777. The Balaban J connectivity index is 1.66. The smallest absolute Gasteiger partial charge is 0.239 e. The van der Waals surface area contributed by atoms with Crippen LogP contribution in [-0.2, 0) is 16.0 Å². The van der Waals surface area contributed by atoms with E-state index in [0.717, 1.165) is 24.2 Å². The monoisotopic (exact) mass is 276 g/mol. The summed E-state index contributed by atoms with van der Waals surface area (Å²) in [5.41, 5.74) is 1.05. The van der Waals surface area contributed by atoms with Crippen LogP contribution >= 0.6 is 0 Å². The molecule has 0 heterocycles. The van der Waals surface area contributed by atoms with Gasteiger partial charge in [-0.1, -0.05) is 18.2 Å². The summed E-state index contributed by atoms with van der Waals surface area (Å²) in [6, 6.07) is 7.72. The Morgan fingerprint density at radius 3 is 2.70 bits per heavy atom. The van der Waals surface area contributed by atoms with Crippen LogP contribution in [0.5, 0.6) is 5.75 Å². The lowest BCUT2D eigenvalue weighted by Crippen LogP contribution is -2.38. The van der Waals surface area contributed by atoms with Crippen molar-refractivity contribution in [2.75, 3.05) is 20.2 Å². The predicted molar refractivity (Wildman–Crippen MR) is 75.4 cm³/mol. The zero-order valence-electron chi connectivity index (χ0n) is 11.6. The average Bonchev–Trinajstić information content (AvgIpc) is 3.30. The minimum Gasteiger partial charge on any atom is -0.496 e. The summed E-state index contributed by atoms with van der Waals surface area (Å²) < 4.78 is 5.25. The third-order valence-corrected chi connectivity index (χ3v) is 3.28. The Bertz CT molecular complexity index is 484. The molecule has 5 nitrogen and oxygen atoms in total. The molecular formula is C15H20N2O3. The molecule has 0 saturated heterocycles. The highest BCUT2D eigenvalue weighted by Crippen LogP contribution is 2.28. The van der Waals surface area contributed by atoms with Crippen LogP contribution in [0.15, 0.2) is 24.3 Å². The first kappa shape index (κ1) is 14.4. The van der Waals surface area contributed by atoms with Gasteiger partial charge in [-0.25, -0.2) is 0 Å². The van der Waals surface area contributed by atoms with E-state index < -0.39 is 0 Å². The Labute approximate surface area is 118 Å². The second-order valence-electron chi connectivity index (χ2n) is 4.90. The Morgan fingerprint density at radius 2 is 2.00 bits per heavy atom. The van der Waals surface area contributed by atoms with Gasteiger partial charge in [0.25, 0.3) is 0 Å². The normalized spacial score (nSPS) is 13.7. The molecule has 2 N–H and O–H groups in total. The van der Waals surface area contributed by atoms with E-state index in [1.54, 1.807) is 7.11 Å². The molecule has 1 aromatic rings. The van der Waals surface area contributed by atoms with Gasteiger partial charge in [0.15, 0.2) is 0 Å². The molecular weight excluding hydrogens is 256 g/mol. The van der Waals surface area contributed by atoms with Gasteiger partial charge in [0, 0.05) is 12.5 Å². The van der Waals surface area contributed by atoms with E-state index in [0.29, 0.717) is 13.0 Å². The molecule has 2 amide bonds. The third kappa shape index (κ3) is 4.26. The maximum absolute atomic E-state index is 11.6. The van der Waals surface area contributed by atoms with Crippen molar-refractivity contribution in [3.05, 3.63) is 29.8 Å². The number of benzene rings is 1. The number of rotatable bonds is 7. The van der Waals surface area contributed by atoms with Crippen molar-refractivity contribution in [1.82, 2.24) is 10.6 Å². The van der Waals surface area contributed by atoms with Gasteiger partial charge in [0.05, 0.1) is 13.7 Å². The lowest BCUT2D eigenvalue weighted by atomic mass is 10.1. The average molecular weight is 276 g/mol. The maximum atomic E-state index is 11.6. The molecule has 0 spiro atoms. The number of ether oxygens (including phenoxy) is 1. The molecule has 0 aromatic heterocycles. The van der Waals surface area contributed by atoms with Crippen LogP contribution in [0, 0.1) is 5.92 Å². The highest BCUT2D eigenvalue weighted by atomic mass is 16.5. The minimum atomic E-state index is -0.158. The molecule has 0 bridgehead atoms. The van der Waals surface area contributed by atoms with Gasteiger partial charge in [-0.15, -0.1) is 0 Å². The van der Waals surface area contributed by atoms with Crippen LogP contribution in [0.3, 0.4) is 0 Å². The van der Waals surface area contributed by atoms with E-state index in [9.17, 15) is 9.59 Å². The minimum absolute atomic E-state index is 0.00937. The first-order chi connectivity index (χ1) is 9.70. The van der Waals surface area contributed by atoms with Gasteiger partial charge < -0.3 is 15.4 Å². The van der Waals surface area contributed by atoms with E-state index >= 15 is 0 Å². The van der Waals surface area contributed by atoms with Crippen LogP contribution in [0.4, 0.5) is 0 Å². The molecule has 5 heteroatoms. The summed E-state index contributed by atoms with van der Waals surface area (Å²) in [6.07, 6.45) is 2.59. The van der Waals surface area contributed by atoms with Gasteiger partial charge in [-0.05, 0) is 30.9 Å². The molecule has 1 saturated carbocycles. The highest BCUT2D eigenvalue weighted by molar-refractivity contribution is 5.86. The fourth-order valence-electron chi connectivity index (χ4n) is 1.97. The van der Waals surface area contributed by atoms with Gasteiger partial charge in [0.2, 0.25) is 11.8 Å². The number of nitrogens with one attached hydrogen (secondary N) is 2. The van der Waals surface area contributed by atoms with Crippen molar-refractivity contribution in [1.29, 1.82) is 0 Å². The number of hydrogen-bond acceptors (Lipinski definition) is 3. The Kier molecular flexibility index (Phi) is 4.98. The second-order valence-corrected chi connectivity index (χ2v) is 4.90. The number of hydrogen-bond donors (Lipinski definition) is 2. The molecule has 1 aromatic carbocycles. The van der Waals surface area contributed by atoms with Crippen molar-refractivity contribution in [3.63, 3.8) is 0 Å². The fourth-order valence-corrected chi connectivity index (χ4v) is 1.97. The van der Waals surface area contributed by atoms with Crippen molar-refractivity contribution >= 4 is 11.8 Å². The summed E-state index contributed by atoms with van der Waals surface area (Å²) in [7, 11) is 1.63. The molecule has 108 valence electrons. The highest BCUT2D eigenvalue weighted by Gasteiger charge is 2.29. The lowest BCUT2D eigenvalue weighted by molar-refractivity contribution is -0.126. The van der Waals surface area contributed by atoms with Crippen molar-refractivity contribution in [2.24, 2.45) is 5.92 Å². The Morgan fingerprint density at radius 1 is 1.25 bits per heavy atom. The van der Waals surface area contributed by atoms with Crippen molar-refractivity contribution in [2.45, 2.75) is 19.3 Å². The molecule has 1 aliphatic carbocycles. The summed E-state index contributed by atoms with van der Waals surface area (Å²) in [4.78, 5) is 23.0. The fraction of sp³-hybridized carbons (Fsp3) is 0.467. The zero-order chi connectivity index (χ0) is 14.4. The maximum Gasteiger partial charge on any atom is 0.239 e. The standard InChI is InChI=1S/C15H20N2O3/c1-20-13-5-3-2-4-11(13)8-9-16-14(18)10-17-15(19)12-6-7-12/h2-5,12H,6-10H2,1H3,(H,16,18)(H,17,19). The second kappa shape index (κ2) is 6.93. The van der Waals surface area contributed by atoms with Gasteiger partial charge in [0.1, 0.15) is 5.75 Å². The predicted octanol–water partition coefficient (Wildman–Crippen LogP) is 0.880. The molecule has 2 rings (SSSR count). The van der Waals surface area contributed by atoms with Crippen LogP contribution < -0.4 is 15.4 Å². The van der Waals surface area contributed by atoms with E-state index in [1.807, 2.05) is 24.3 Å². The van der Waals surface area contributed by atoms with E-state index in [2.05, 4.69) is 10.6 Å². The van der Waals surface area contributed by atoms with E-state index in [-0.39, 0.29) is 24.3 Å². The summed E-state index contributed by atoms with van der Waals surface area (Å²) in [5.74, 6) is 0.791. The molecule has 0 radical (unpaired) electrons. The van der Waals surface area contributed by atoms with Crippen molar-refractivity contribution in [3.8, 4) is 5.75 Å². The van der Waals surface area contributed by atoms with Crippen molar-refractivity contribution < 1.29 is 14.3 Å². The summed E-state index contributed by atoms with van der Waals surface area (Å²) >= 11 is 0. The number of methoxy groups -OCH3 is 1. The van der Waals surface area contributed by atoms with Gasteiger partial charge >= 0.3 is 0 Å². The first-order valence-corrected chi connectivity index (χ1v) is 6.87. The molecule has 1 fully saturated rings. The molecule has 0 atom stereocenters. The molecule has 20 heavy (non-hydrogen) atoms. The first-order valence-electron chi connectivity index (χ1n) is 6.87. The molecule has 1 aliphatic rings. The zero-order valence-corrected chi connectivity index (χ0v) is 11.6. The number of para-hydroxylation sites is 1. The Hall–Kier alpha value is -2.04. The largest absolute Gasteiger partial charge is 0.496 e. The lowest BCUT2D eigenvalue weighted by Gasteiger charge is -2.09. The number of carbonyl (C=O) groups excluding carboxylic acids is 2.